The lowest BCUT2D eigenvalue weighted by atomic mass is 10.2. The first-order valence-electron chi connectivity index (χ1n) is 10.8. The molecular weight excluding hydrogens is 469 g/mol. The lowest BCUT2D eigenvalue weighted by Gasteiger charge is -2.41. The van der Waals surface area contributed by atoms with E-state index in [1.807, 2.05) is 4.90 Å². The zero-order chi connectivity index (χ0) is 23.5. The maximum atomic E-state index is 15.1. The molecule has 0 bridgehead atoms. The summed E-state index contributed by atoms with van der Waals surface area (Å²) in [5.41, 5.74) is 0.898. The van der Waals surface area contributed by atoms with Crippen LogP contribution >= 0.6 is 24.0 Å². The van der Waals surface area contributed by atoms with E-state index in [4.69, 9.17) is 21.7 Å². The molecule has 0 saturated carbocycles. The summed E-state index contributed by atoms with van der Waals surface area (Å²) in [6, 6.07) is 4.75. The molecule has 12 heteroatoms. The maximum Gasteiger partial charge on any atom is 0.416 e. The number of ether oxygens (including phenoxy) is 2. The molecule has 0 aliphatic carbocycles. The fourth-order valence-corrected chi connectivity index (χ4v) is 4.91. The Morgan fingerprint density at radius 3 is 2.45 bits per heavy atom. The van der Waals surface area contributed by atoms with Gasteiger partial charge < -0.3 is 24.2 Å². The van der Waals surface area contributed by atoms with Crippen LogP contribution < -0.4 is 9.80 Å². The number of nitrogens with zero attached hydrogens (tertiary/aromatic N) is 5. The second kappa shape index (κ2) is 10.3. The van der Waals surface area contributed by atoms with Gasteiger partial charge in [-0.2, -0.15) is 0 Å². The minimum Gasteiger partial charge on any atom is -0.423 e. The van der Waals surface area contributed by atoms with E-state index in [2.05, 4.69) is 9.80 Å². The molecule has 0 spiro atoms. The molecule has 0 radical (unpaired) electrons. The highest BCUT2D eigenvalue weighted by atomic mass is 32.2. The molecule has 2 amide bonds. The van der Waals surface area contributed by atoms with Crippen molar-refractivity contribution in [2.75, 3.05) is 82.1 Å². The third-order valence-electron chi connectivity index (χ3n) is 6.11. The Labute approximate surface area is 202 Å². The highest BCUT2D eigenvalue weighted by Gasteiger charge is 2.37. The van der Waals surface area contributed by atoms with Crippen molar-refractivity contribution < 1.29 is 23.5 Å². The number of rotatable bonds is 3. The summed E-state index contributed by atoms with van der Waals surface area (Å²) in [6.07, 6.45) is 0.360. The van der Waals surface area contributed by atoms with E-state index >= 15 is 4.39 Å². The monoisotopic (exact) mass is 497 g/mol. The number of carbonyl (C=O) groups excluding carboxylic acids is 2. The van der Waals surface area contributed by atoms with Crippen molar-refractivity contribution in [3.8, 4) is 0 Å². The average Bonchev–Trinajstić information content (AvgIpc) is 3.24. The molecule has 9 nitrogen and oxygen atoms in total. The molecule has 1 aromatic rings. The van der Waals surface area contributed by atoms with Crippen molar-refractivity contribution in [3.05, 3.63) is 24.0 Å². The Morgan fingerprint density at radius 2 is 1.82 bits per heavy atom. The normalized spacial score (nSPS) is 21.3. The van der Waals surface area contributed by atoms with Crippen molar-refractivity contribution >= 4 is 51.8 Å². The highest BCUT2D eigenvalue weighted by molar-refractivity contribution is 8.12. The smallest absolute Gasteiger partial charge is 0.416 e. The summed E-state index contributed by atoms with van der Waals surface area (Å²) >= 11 is 6.68. The number of likely N-dealkylation sites (N-methyl/N-ethyl adjacent to an activating group) is 1. The number of carbonyl (C=O) groups is 2. The van der Waals surface area contributed by atoms with Crippen LogP contribution in [0.5, 0.6) is 0 Å². The van der Waals surface area contributed by atoms with Gasteiger partial charge in [0, 0.05) is 46.3 Å². The molecule has 1 atom stereocenters. The summed E-state index contributed by atoms with van der Waals surface area (Å²) in [7, 11) is 1.58. The van der Waals surface area contributed by atoms with Gasteiger partial charge in [-0.1, -0.05) is 11.8 Å². The second-order valence-corrected chi connectivity index (χ2v) is 9.14. The van der Waals surface area contributed by atoms with Gasteiger partial charge in [0.05, 0.1) is 31.1 Å². The van der Waals surface area contributed by atoms with Gasteiger partial charge in [-0.05, 0) is 36.7 Å². The van der Waals surface area contributed by atoms with Crippen molar-refractivity contribution in [1.82, 2.24) is 14.7 Å². The predicted octanol–water partition coefficient (Wildman–Crippen LogP) is 2.26. The van der Waals surface area contributed by atoms with E-state index in [1.54, 1.807) is 25.4 Å². The van der Waals surface area contributed by atoms with E-state index in [1.165, 1.54) is 15.9 Å². The van der Waals surface area contributed by atoms with Crippen LogP contribution in [0.1, 0.15) is 0 Å². The van der Waals surface area contributed by atoms with Gasteiger partial charge in [-0.15, -0.1) is 0 Å². The van der Waals surface area contributed by atoms with Gasteiger partial charge in [0.1, 0.15) is 5.82 Å². The second-order valence-electron chi connectivity index (χ2n) is 8.02. The molecule has 3 fully saturated rings. The Hall–Kier alpha value is -2.31. The Morgan fingerprint density at radius 1 is 1.15 bits per heavy atom. The van der Waals surface area contributed by atoms with Gasteiger partial charge in [0.2, 0.25) is 0 Å². The summed E-state index contributed by atoms with van der Waals surface area (Å²) < 4.78 is 25.7. The molecule has 1 aromatic carbocycles. The van der Waals surface area contributed by atoms with E-state index in [0.717, 1.165) is 30.0 Å². The van der Waals surface area contributed by atoms with Crippen molar-refractivity contribution in [3.63, 3.8) is 0 Å². The Balaban J connectivity index is 1.37. The zero-order valence-electron chi connectivity index (χ0n) is 18.7. The Kier molecular flexibility index (Phi) is 7.45. The number of benzene rings is 1. The van der Waals surface area contributed by atoms with Crippen LogP contribution in [0.2, 0.25) is 0 Å². The van der Waals surface area contributed by atoms with E-state index in [0.29, 0.717) is 50.8 Å². The molecule has 3 aliphatic rings. The molecule has 4 rings (SSSR count). The number of piperazine rings is 1. The first-order chi connectivity index (χ1) is 15.9. The van der Waals surface area contributed by atoms with Crippen molar-refractivity contribution in [2.24, 2.45) is 0 Å². The fourth-order valence-electron chi connectivity index (χ4n) is 4.14. The lowest BCUT2D eigenvalue weighted by Crippen LogP contribution is -2.54. The van der Waals surface area contributed by atoms with Crippen molar-refractivity contribution in [2.45, 2.75) is 6.23 Å². The fraction of sp³-hybridized carbons (Fsp3) is 0.571. The highest BCUT2D eigenvalue weighted by Crippen LogP contribution is 2.29. The average molecular weight is 498 g/mol. The van der Waals surface area contributed by atoms with Gasteiger partial charge in [-0.3, -0.25) is 14.6 Å². The van der Waals surface area contributed by atoms with Gasteiger partial charge in [0.25, 0.3) is 5.24 Å². The molecule has 1 unspecified atom stereocenters. The minimum atomic E-state index is -0.705. The van der Waals surface area contributed by atoms with Gasteiger partial charge >= 0.3 is 6.09 Å². The SMILES string of the molecule is CSC(=O)N(C)C1CN(c2ccc(N3CCN(C(=S)N4CCOCC4)CC3)c(F)c2)C(=O)O1. The molecule has 3 aliphatic heterocycles. The van der Waals surface area contributed by atoms with Crippen LogP contribution in [-0.2, 0) is 9.47 Å². The molecule has 3 heterocycles. The van der Waals surface area contributed by atoms with Crippen LogP contribution in [0.4, 0.5) is 25.4 Å². The topological polar surface area (TPSA) is 68.8 Å². The first kappa shape index (κ1) is 23.8. The summed E-state index contributed by atoms with van der Waals surface area (Å²) in [5.74, 6) is -0.401. The summed E-state index contributed by atoms with van der Waals surface area (Å²) in [6.45, 7) is 5.86. The molecule has 0 N–H and O–H groups in total. The number of anilines is 2. The zero-order valence-corrected chi connectivity index (χ0v) is 20.4. The number of thiocarbonyl (C=S) groups is 1. The minimum absolute atomic E-state index is 0.151. The summed E-state index contributed by atoms with van der Waals surface area (Å²) in [5, 5.41) is 0.629. The number of hydrogen-bond donors (Lipinski definition) is 0. The van der Waals surface area contributed by atoms with Gasteiger partial charge in [-0.25, -0.2) is 9.18 Å². The number of halogens is 1. The van der Waals surface area contributed by atoms with E-state index in [-0.39, 0.29) is 11.8 Å². The number of amides is 2. The molecular formula is C21H28FN5O4S2. The molecule has 33 heavy (non-hydrogen) atoms. The molecule has 0 aromatic heterocycles. The predicted molar refractivity (Wildman–Crippen MR) is 129 cm³/mol. The van der Waals surface area contributed by atoms with Crippen LogP contribution in [0, 0.1) is 5.82 Å². The quantitative estimate of drug-likeness (QED) is 0.585. The van der Waals surface area contributed by atoms with Crippen LogP contribution in [0.3, 0.4) is 0 Å². The number of thioether (sulfide) groups is 1. The van der Waals surface area contributed by atoms with E-state index < -0.39 is 18.1 Å². The van der Waals surface area contributed by atoms with Crippen LogP contribution in [0.15, 0.2) is 18.2 Å². The van der Waals surface area contributed by atoms with Gasteiger partial charge in [0.15, 0.2) is 11.3 Å². The van der Waals surface area contributed by atoms with Crippen LogP contribution in [0.25, 0.3) is 0 Å². The number of cyclic esters (lactones) is 1. The third-order valence-corrected chi connectivity index (χ3v) is 7.26. The largest absolute Gasteiger partial charge is 0.423 e. The van der Waals surface area contributed by atoms with Crippen molar-refractivity contribution in [1.29, 1.82) is 0 Å². The first-order valence-corrected chi connectivity index (χ1v) is 12.5. The molecule has 180 valence electrons. The van der Waals surface area contributed by atoms with Crippen LogP contribution in [-0.4, -0.2) is 110 Å². The Bertz CT molecular complexity index is 909. The summed E-state index contributed by atoms with van der Waals surface area (Å²) in [4.78, 5) is 33.2. The number of hydrogen-bond acceptors (Lipinski definition) is 7. The standard InChI is InChI=1S/C21H28FN5O4S2/c1-23(21(29)33-2)18-14-27(20(28)31-18)15-3-4-17(16(22)13-15)24-5-7-25(8-6-24)19(32)26-9-11-30-12-10-26/h3-4,13,18H,5-12,14H2,1-2H3. The maximum absolute atomic E-state index is 15.1. The number of morpholine rings is 1. The third kappa shape index (κ3) is 5.12. The molecule has 3 saturated heterocycles. The lowest BCUT2D eigenvalue weighted by molar-refractivity contribution is 0.0635. The van der Waals surface area contributed by atoms with E-state index in [9.17, 15) is 9.59 Å².